The zero-order chi connectivity index (χ0) is 41.8. The second kappa shape index (κ2) is 20.7. The number of aromatic nitrogens is 2. The molecular formula is C49H52F2N2O7. The van der Waals surface area contributed by atoms with Crippen LogP contribution in [0.2, 0.25) is 0 Å². The molecule has 11 heteroatoms. The van der Waals surface area contributed by atoms with E-state index in [4.69, 9.17) is 38.3 Å². The maximum absolute atomic E-state index is 15.5. The van der Waals surface area contributed by atoms with E-state index in [9.17, 15) is 4.39 Å². The second-order valence-electron chi connectivity index (χ2n) is 15.1. The van der Waals surface area contributed by atoms with Gasteiger partial charge in [-0.25, -0.2) is 8.78 Å². The molecule has 1 aliphatic rings. The van der Waals surface area contributed by atoms with E-state index >= 15 is 4.39 Å². The highest BCUT2D eigenvalue weighted by molar-refractivity contribution is 5.40. The fraction of sp³-hybridized carbons (Fsp3) is 0.327. The average Bonchev–Trinajstić information content (AvgIpc) is 3.58. The zero-order valence-corrected chi connectivity index (χ0v) is 34.4. The SMILES string of the molecule is COc1cc(F)c(Cc2c(OC3O[C@H](COCc4ccccc4)[C@@H](OCc4ccccc4)[C@H](OCc4ccccc4)[C@H]3OCc3ccccc3)nn(C(C)C)c2C)cc1F. The van der Waals surface area contributed by atoms with Crippen molar-refractivity contribution in [1.82, 2.24) is 9.78 Å². The lowest BCUT2D eigenvalue weighted by molar-refractivity contribution is -0.310. The smallest absolute Gasteiger partial charge is 0.239 e. The van der Waals surface area contributed by atoms with Gasteiger partial charge >= 0.3 is 0 Å². The number of methoxy groups -OCH3 is 1. The Bertz CT molecular complexity index is 2230. The molecule has 1 saturated heterocycles. The molecule has 0 radical (unpaired) electrons. The lowest BCUT2D eigenvalue weighted by Gasteiger charge is -2.45. The van der Waals surface area contributed by atoms with E-state index in [2.05, 4.69) is 0 Å². The van der Waals surface area contributed by atoms with Crippen LogP contribution in [0, 0.1) is 18.6 Å². The van der Waals surface area contributed by atoms with Crippen LogP contribution in [0.25, 0.3) is 0 Å². The normalized spacial score (nSPS) is 19.1. The summed E-state index contributed by atoms with van der Waals surface area (Å²) in [7, 11) is 1.30. The summed E-state index contributed by atoms with van der Waals surface area (Å²) in [5, 5.41) is 4.89. The molecule has 5 atom stereocenters. The summed E-state index contributed by atoms with van der Waals surface area (Å²) in [6, 6.07) is 41.7. The standard InChI is InChI=1S/C49H52F2N2O7/c1-33(2)53-34(3)40(25-39-26-42(51)43(54-4)27-41(39)50)48(52-53)60-49-47(58-31-38-23-15-8-16-24-38)46(57-30-37-21-13-7-14-22-37)45(56-29-36-19-11-6-12-20-36)44(59-49)32-55-28-35-17-9-5-10-18-35/h5-24,26-27,33,44-47,49H,25,28-32H2,1-4H3/t44-,45-,46+,47-,49?/m1/s1. The van der Waals surface area contributed by atoms with Gasteiger partial charge in [-0.15, -0.1) is 5.10 Å². The molecule has 0 saturated carbocycles. The Morgan fingerprint density at radius 3 is 1.67 bits per heavy atom. The molecule has 0 spiro atoms. The van der Waals surface area contributed by atoms with Crippen molar-refractivity contribution in [2.45, 2.75) is 90.4 Å². The lowest BCUT2D eigenvalue weighted by Crippen LogP contribution is -2.62. The second-order valence-corrected chi connectivity index (χ2v) is 15.1. The summed E-state index contributed by atoms with van der Waals surface area (Å²) >= 11 is 0. The molecule has 1 unspecified atom stereocenters. The molecule has 1 fully saturated rings. The summed E-state index contributed by atoms with van der Waals surface area (Å²) in [6.45, 7) is 7.08. The highest BCUT2D eigenvalue weighted by Crippen LogP contribution is 2.36. The molecule has 0 N–H and O–H groups in total. The van der Waals surface area contributed by atoms with Crippen LogP contribution < -0.4 is 9.47 Å². The van der Waals surface area contributed by atoms with Gasteiger partial charge in [0.2, 0.25) is 12.2 Å². The van der Waals surface area contributed by atoms with Gasteiger partial charge < -0.3 is 33.2 Å². The maximum Gasteiger partial charge on any atom is 0.239 e. The topological polar surface area (TPSA) is 82.4 Å². The quantitative estimate of drug-likeness (QED) is 0.0800. The molecule has 0 aliphatic carbocycles. The van der Waals surface area contributed by atoms with Crippen molar-refractivity contribution in [1.29, 1.82) is 0 Å². The number of ether oxygens (including phenoxy) is 7. The van der Waals surface area contributed by atoms with Gasteiger partial charge in [0.1, 0.15) is 30.2 Å². The van der Waals surface area contributed by atoms with E-state index in [1.54, 1.807) is 4.68 Å². The van der Waals surface area contributed by atoms with Crippen LogP contribution in [0.3, 0.4) is 0 Å². The molecule has 1 aromatic heterocycles. The Morgan fingerprint density at radius 2 is 1.15 bits per heavy atom. The van der Waals surface area contributed by atoms with Gasteiger partial charge in [0, 0.05) is 29.8 Å². The summed E-state index contributed by atoms with van der Waals surface area (Å²) in [5.41, 5.74) is 5.30. The minimum atomic E-state index is -1.11. The number of halogens is 2. The highest BCUT2D eigenvalue weighted by atomic mass is 19.1. The van der Waals surface area contributed by atoms with E-state index in [0.717, 1.165) is 40.1 Å². The largest absolute Gasteiger partial charge is 0.494 e. The van der Waals surface area contributed by atoms with Crippen LogP contribution >= 0.6 is 0 Å². The number of benzene rings is 5. The number of nitrogens with zero attached hydrogens (tertiary/aromatic N) is 2. The van der Waals surface area contributed by atoms with Crippen LogP contribution in [0.1, 0.15) is 59.0 Å². The summed E-state index contributed by atoms with van der Waals surface area (Å²) in [5.74, 6) is -1.27. The molecule has 60 heavy (non-hydrogen) atoms. The van der Waals surface area contributed by atoms with Crippen molar-refractivity contribution >= 4 is 0 Å². The summed E-state index contributed by atoms with van der Waals surface area (Å²) in [6.07, 6.45) is -4.12. The van der Waals surface area contributed by atoms with E-state index in [-0.39, 0.29) is 56.1 Å². The lowest BCUT2D eigenvalue weighted by atomic mass is 9.97. The molecule has 0 amide bonds. The number of hydrogen-bond donors (Lipinski definition) is 0. The third-order valence-electron chi connectivity index (χ3n) is 10.5. The predicted molar refractivity (Wildman–Crippen MR) is 224 cm³/mol. The van der Waals surface area contributed by atoms with Crippen LogP contribution in [0.4, 0.5) is 8.78 Å². The number of rotatable bonds is 19. The van der Waals surface area contributed by atoms with Crippen molar-refractivity contribution < 1.29 is 41.9 Å². The molecule has 2 heterocycles. The Morgan fingerprint density at radius 1 is 0.650 bits per heavy atom. The van der Waals surface area contributed by atoms with Gasteiger partial charge in [0.05, 0.1) is 40.1 Å². The van der Waals surface area contributed by atoms with Crippen LogP contribution in [0.15, 0.2) is 133 Å². The Balaban J connectivity index is 1.28. The number of hydrogen-bond acceptors (Lipinski definition) is 8. The first-order valence-electron chi connectivity index (χ1n) is 20.3. The van der Waals surface area contributed by atoms with Crippen LogP contribution in [0.5, 0.6) is 11.6 Å². The zero-order valence-electron chi connectivity index (χ0n) is 34.4. The third kappa shape index (κ3) is 10.8. The van der Waals surface area contributed by atoms with E-state index < -0.39 is 42.3 Å². The fourth-order valence-corrected chi connectivity index (χ4v) is 7.33. The first-order valence-corrected chi connectivity index (χ1v) is 20.3. The van der Waals surface area contributed by atoms with Crippen molar-refractivity contribution in [3.63, 3.8) is 0 Å². The van der Waals surface area contributed by atoms with Gasteiger partial charge in [0.25, 0.3) is 0 Å². The Hall–Kier alpha value is -5.43. The molecule has 5 aromatic carbocycles. The fourth-order valence-electron chi connectivity index (χ4n) is 7.33. The monoisotopic (exact) mass is 818 g/mol. The summed E-state index contributed by atoms with van der Waals surface area (Å²) in [4.78, 5) is 0. The van der Waals surface area contributed by atoms with Crippen molar-refractivity contribution in [2.24, 2.45) is 0 Å². The molecule has 7 rings (SSSR count). The maximum atomic E-state index is 15.5. The van der Waals surface area contributed by atoms with Crippen molar-refractivity contribution in [3.05, 3.63) is 184 Å². The van der Waals surface area contributed by atoms with E-state index in [1.807, 2.05) is 142 Å². The Kier molecular flexibility index (Phi) is 14.7. The highest BCUT2D eigenvalue weighted by Gasteiger charge is 2.50. The molecule has 1 aliphatic heterocycles. The average molecular weight is 819 g/mol. The van der Waals surface area contributed by atoms with Crippen molar-refractivity contribution in [2.75, 3.05) is 13.7 Å². The van der Waals surface area contributed by atoms with Gasteiger partial charge in [-0.05, 0) is 54.7 Å². The van der Waals surface area contributed by atoms with Gasteiger partial charge in [-0.3, -0.25) is 4.68 Å². The Labute approximate surface area is 350 Å². The van der Waals surface area contributed by atoms with Crippen molar-refractivity contribution in [3.8, 4) is 11.6 Å². The van der Waals surface area contributed by atoms with Crippen LogP contribution in [-0.2, 0) is 56.5 Å². The summed E-state index contributed by atoms with van der Waals surface area (Å²) < 4.78 is 78.0. The molecule has 0 bridgehead atoms. The first kappa shape index (κ1) is 42.7. The van der Waals surface area contributed by atoms with Gasteiger partial charge in [0.15, 0.2) is 11.6 Å². The molecule has 9 nitrogen and oxygen atoms in total. The van der Waals surface area contributed by atoms with Gasteiger partial charge in [-0.2, -0.15) is 0 Å². The minimum Gasteiger partial charge on any atom is -0.494 e. The molecule has 314 valence electrons. The molecular weight excluding hydrogens is 767 g/mol. The van der Waals surface area contributed by atoms with E-state index in [1.165, 1.54) is 7.11 Å². The third-order valence-corrected chi connectivity index (χ3v) is 10.5. The van der Waals surface area contributed by atoms with E-state index in [0.29, 0.717) is 12.2 Å². The minimum absolute atomic E-state index is 0.0107. The van der Waals surface area contributed by atoms with Gasteiger partial charge in [-0.1, -0.05) is 121 Å². The molecule has 6 aromatic rings. The van der Waals surface area contributed by atoms with Crippen LogP contribution in [-0.4, -0.2) is 54.2 Å². The first-order chi connectivity index (χ1) is 29.3. The predicted octanol–water partition coefficient (Wildman–Crippen LogP) is 9.73.